The third-order valence-corrected chi connectivity index (χ3v) is 9.40. The van der Waals surface area contributed by atoms with Gasteiger partial charge in [-0.1, -0.05) is 54.7 Å². The zero-order chi connectivity index (χ0) is 23.6. The number of sulfone groups is 1. The first kappa shape index (κ1) is 24.4. The molecule has 0 spiro atoms. The van der Waals surface area contributed by atoms with Gasteiger partial charge in [-0.2, -0.15) is 0 Å². The van der Waals surface area contributed by atoms with Crippen molar-refractivity contribution in [3.8, 4) is 0 Å². The van der Waals surface area contributed by atoms with Crippen molar-refractivity contribution in [1.29, 1.82) is 0 Å². The lowest BCUT2D eigenvalue weighted by atomic mass is 9.84. The van der Waals surface area contributed by atoms with E-state index in [1.807, 2.05) is 12.1 Å². The van der Waals surface area contributed by atoms with E-state index in [-0.39, 0.29) is 11.8 Å². The lowest BCUT2D eigenvalue weighted by molar-refractivity contribution is 0.0204. The maximum Gasteiger partial charge on any atom is 0.197 e. The van der Waals surface area contributed by atoms with E-state index in [0.717, 1.165) is 72.7 Å². The van der Waals surface area contributed by atoms with Gasteiger partial charge in [-0.25, -0.2) is 18.5 Å². The molecule has 1 N–H and O–H groups in total. The molecule has 1 aromatic heterocycles. The Labute approximate surface area is 205 Å². The maximum absolute atomic E-state index is 12.3. The number of thiocarbonyl (C=S) groups is 1. The third-order valence-electron chi connectivity index (χ3n) is 6.47. The van der Waals surface area contributed by atoms with E-state index < -0.39 is 9.84 Å². The monoisotopic (exact) mass is 506 g/mol. The highest BCUT2D eigenvalue weighted by Gasteiger charge is 2.30. The van der Waals surface area contributed by atoms with Crippen LogP contribution in [-0.2, 0) is 9.84 Å². The van der Waals surface area contributed by atoms with Crippen molar-refractivity contribution >= 4 is 43.7 Å². The Morgan fingerprint density at radius 3 is 2.79 bits per heavy atom. The molecule has 1 heterocycles. The van der Waals surface area contributed by atoms with Crippen molar-refractivity contribution in [2.75, 3.05) is 13.3 Å². The summed E-state index contributed by atoms with van der Waals surface area (Å²) in [6.07, 6.45) is 11.9. The summed E-state index contributed by atoms with van der Waals surface area (Å²) in [5.41, 5.74) is 2.81. The van der Waals surface area contributed by atoms with E-state index in [9.17, 15) is 13.6 Å². The number of hydroxylamine groups is 2. The second kappa shape index (κ2) is 10.3. The minimum atomic E-state index is -3.30. The van der Waals surface area contributed by atoms with E-state index in [0.29, 0.717) is 14.5 Å². The van der Waals surface area contributed by atoms with E-state index in [1.165, 1.54) is 6.26 Å². The van der Waals surface area contributed by atoms with Gasteiger partial charge in [0.05, 0.1) is 10.6 Å². The largest absolute Gasteiger partial charge is 0.448 e. The summed E-state index contributed by atoms with van der Waals surface area (Å²) in [6.45, 7) is 0. The number of rotatable bonds is 5. The van der Waals surface area contributed by atoms with Crippen LogP contribution in [0.5, 0.6) is 0 Å². The Bertz CT molecular complexity index is 1140. The second-order valence-electron chi connectivity index (χ2n) is 8.98. The molecule has 0 radical (unpaired) electrons. The third kappa shape index (κ3) is 5.88. The van der Waals surface area contributed by atoms with Gasteiger partial charge in [-0.05, 0) is 55.7 Å². The first-order chi connectivity index (χ1) is 15.7. The van der Waals surface area contributed by atoms with E-state index in [2.05, 4.69) is 6.08 Å². The van der Waals surface area contributed by atoms with Crippen LogP contribution in [0.3, 0.4) is 0 Å². The Morgan fingerprint density at radius 1 is 1.24 bits per heavy atom. The number of hydrogen-bond acceptors (Lipinski definition) is 7. The van der Waals surface area contributed by atoms with Crippen LogP contribution >= 0.6 is 24.0 Å². The van der Waals surface area contributed by atoms with Crippen LogP contribution in [0.4, 0.5) is 0 Å². The van der Waals surface area contributed by atoms with E-state index >= 15 is 0 Å². The standard InChI is InChI=1S/C24H30N2O4S3/c1-26(27)24(31)32-19-10-6-9-18(14-19)23-25-21(15-30-23)17-8-5-7-16(13-17)20-11-3-4-12-22(20)33(2,28)29/h3-4,7,11-12,15,17-19,27H,5-6,8-10,13-14H2,1-2H3. The van der Waals surface area contributed by atoms with Crippen molar-refractivity contribution in [1.82, 2.24) is 10.0 Å². The molecule has 33 heavy (non-hydrogen) atoms. The van der Waals surface area contributed by atoms with E-state index in [1.54, 1.807) is 37.2 Å². The molecule has 2 aliphatic carbocycles. The number of thioether (sulfide) groups is 1. The van der Waals surface area contributed by atoms with Crippen molar-refractivity contribution in [2.24, 2.45) is 0 Å². The fourth-order valence-corrected chi connectivity index (χ4v) is 7.19. The van der Waals surface area contributed by atoms with Gasteiger partial charge in [-0.15, -0.1) is 0 Å². The molecule has 0 saturated heterocycles. The van der Waals surface area contributed by atoms with Crippen LogP contribution in [0.1, 0.15) is 73.9 Å². The highest BCUT2D eigenvalue weighted by molar-refractivity contribution is 8.23. The molecule has 1 aromatic carbocycles. The van der Waals surface area contributed by atoms with Gasteiger partial charge in [0.15, 0.2) is 20.0 Å². The van der Waals surface area contributed by atoms with Gasteiger partial charge in [-0.3, -0.25) is 5.21 Å². The fraction of sp³-hybridized carbons (Fsp3) is 0.500. The summed E-state index contributed by atoms with van der Waals surface area (Å²) in [7, 11) is -1.75. The first-order valence-electron chi connectivity index (χ1n) is 11.3. The molecule has 0 amide bonds. The van der Waals surface area contributed by atoms with Crippen LogP contribution in [0.25, 0.3) is 5.57 Å². The lowest BCUT2D eigenvalue weighted by Crippen LogP contribution is -2.23. The Kier molecular flexibility index (Phi) is 7.63. The molecule has 0 aliphatic heterocycles. The number of allylic oxidation sites excluding steroid dienone is 2. The predicted molar refractivity (Wildman–Crippen MR) is 135 cm³/mol. The molecule has 4 rings (SSSR count). The average Bonchev–Trinajstić information content (AvgIpc) is 3.29. The fourth-order valence-electron chi connectivity index (χ4n) is 4.81. The van der Waals surface area contributed by atoms with Gasteiger partial charge in [0.2, 0.25) is 0 Å². The number of benzene rings is 1. The van der Waals surface area contributed by atoms with Gasteiger partial charge >= 0.3 is 0 Å². The molecular weight excluding hydrogens is 476 g/mol. The molecule has 178 valence electrons. The van der Waals surface area contributed by atoms with Crippen LogP contribution in [0.2, 0.25) is 0 Å². The van der Waals surface area contributed by atoms with Gasteiger partial charge < -0.3 is 4.42 Å². The predicted octanol–water partition coefficient (Wildman–Crippen LogP) is 5.79. The maximum atomic E-state index is 12.3. The Morgan fingerprint density at radius 2 is 2.03 bits per heavy atom. The molecule has 3 atom stereocenters. The Balaban J connectivity index is 1.47. The number of nitrogens with zero attached hydrogens (tertiary/aromatic N) is 2. The lowest BCUT2D eigenvalue weighted by Gasteiger charge is -2.27. The van der Waals surface area contributed by atoms with Crippen molar-refractivity contribution < 1.29 is 18.0 Å². The molecule has 9 heteroatoms. The molecular formula is C24H30N2O4S3. The molecule has 1 saturated carbocycles. The topological polar surface area (TPSA) is 83.6 Å². The quantitative estimate of drug-likeness (QED) is 0.403. The summed E-state index contributed by atoms with van der Waals surface area (Å²) in [6, 6.07) is 7.24. The van der Waals surface area contributed by atoms with Crippen molar-refractivity contribution in [3.63, 3.8) is 0 Å². The summed E-state index contributed by atoms with van der Waals surface area (Å²) in [4.78, 5) is 5.28. The normalized spacial score (nSPS) is 23.7. The van der Waals surface area contributed by atoms with Crippen LogP contribution in [0.15, 0.2) is 45.9 Å². The summed E-state index contributed by atoms with van der Waals surface area (Å²) < 4.78 is 31.0. The van der Waals surface area contributed by atoms with Crippen LogP contribution in [0, 0.1) is 0 Å². The van der Waals surface area contributed by atoms with E-state index in [4.69, 9.17) is 21.6 Å². The van der Waals surface area contributed by atoms with Crippen LogP contribution in [-0.4, -0.2) is 46.5 Å². The van der Waals surface area contributed by atoms with Crippen LogP contribution < -0.4 is 0 Å². The Hall–Kier alpha value is -1.68. The smallest absolute Gasteiger partial charge is 0.197 e. The van der Waals surface area contributed by atoms with Gasteiger partial charge in [0.1, 0.15) is 6.26 Å². The zero-order valence-electron chi connectivity index (χ0n) is 18.9. The second-order valence-corrected chi connectivity index (χ2v) is 12.9. The molecule has 2 aliphatic rings. The number of oxazole rings is 1. The molecule has 6 nitrogen and oxygen atoms in total. The van der Waals surface area contributed by atoms with Crippen molar-refractivity contribution in [2.45, 2.75) is 66.9 Å². The number of hydrogen-bond donors (Lipinski definition) is 1. The summed E-state index contributed by atoms with van der Waals surface area (Å²) in [5, 5.41) is 10.9. The van der Waals surface area contributed by atoms with Gasteiger partial charge in [0, 0.05) is 30.4 Å². The average molecular weight is 507 g/mol. The first-order valence-corrected chi connectivity index (χ1v) is 14.5. The van der Waals surface area contributed by atoms with Gasteiger partial charge in [0.25, 0.3) is 0 Å². The van der Waals surface area contributed by atoms with Crippen molar-refractivity contribution in [3.05, 3.63) is 53.8 Å². The minimum Gasteiger partial charge on any atom is -0.448 e. The number of aromatic nitrogens is 1. The summed E-state index contributed by atoms with van der Waals surface area (Å²) in [5.74, 6) is 1.24. The zero-order valence-corrected chi connectivity index (χ0v) is 21.4. The highest BCUT2D eigenvalue weighted by atomic mass is 32.2. The highest BCUT2D eigenvalue weighted by Crippen LogP contribution is 2.41. The molecule has 3 unspecified atom stereocenters. The molecule has 1 fully saturated rings. The summed E-state index contributed by atoms with van der Waals surface area (Å²) >= 11 is 6.79. The molecule has 0 bridgehead atoms. The SMILES string of the molecule is CN(O)C(=S)SC1CCCC(c2nc(C3CCC=C(c4ccccc4S(C)(=O)=O)C3)co2)C1. The molecule has 2 aromatic rings. The minimum absolute atomic E-state index is 0.208.